The second-order valence-electron chi connectivity index (χ2n) is 11.9. The van der Waals surface area contributed by atoms with Crippen molar-refractivity contribution in [3.63, 3.8) is 0 Å². The molecule has 4 aromatic rings. The van der Waals surface area contributed by atoms with Gasteiger partial charge in [0.05, 0.1) is 11.4 Å². The van der Waals surface area contributed by atoms with Crippen LogP contribution in [0.4, 0.5) is 11.4 Å². The molecule has 4 nitrogen and oxygen atoms in total. The summed E-state index contributed by atoms with van der Waals surface area (Å²) in [7, 11) is 0. The highest BCUT2D eigenvalue weighted by Crippen LogP contribution is 2.37. The molecule has 0 aromatic heterocycles. The molecule has 0 fully saturated rings. The molecule has 0 aliphatic rings. The maximum Gasteiger partial charge on any atom is 0.128 e. The molecule has 0 radical (unpaired) electrons. The summed E-state index contributed by atoms with van der Waals surface area (Å²) in [5, 5.41) is 21.6. The number of halogens is 2. The first-order valence-electron chi connectivity index (χ1n) is 13.1. The van der Waals surface area contributed by atoms with Crippen molar-refractivity contribution in [2.24, 2.45) is 9.98 Å². The maximum absolute atomic E-state index is 10.8. The summed E-state index contributed by atoms with van der Waals surface area (Å²) in [5.41, 5.74) is 6.43. The minimum Gasteiger partial charge on any atom is -0.507 e. The average molecular weight is 662 g/mol. The number of aliphatic imine (C=N–C) groups is 2. The molecule has 206 valence electrons. The van der Waals surface area contributed by atoms with Crippen molar-refractivity contribution in [1.82, 2.24) is 0 Å². The van der Waals surface area contributed by atoms with E-state index < -0.39 is 0 Å². The molecule has 2 N–H and O–H groups in total. The molecule has 0 spiro atoms. The Morgan fingerprint density at radius 1 is 0.550 bits per heavy atom. The number of nitrogens with zero attached hydrogens (tertiary/aromatic N) is 2. The third-order valence-corrected chi connectivity index (χ3v) is 7.51. The molecule has 6 heteroatoms. The monoisotopic (exact) mass is 660 g/mol. The average Bonchev–Trinajstić information content (AvgIpc) is 2.88. The number of benzene rings is 4. The molecular weight excluding hydrogens is 628 g/mol. The van der Waals surface area contributed by atoms with Gasteiger partial charge in [0.1, 0.15) is 11.5 Å². The van der Waals surface area contributed by atoms with Crippen molar-refractivity contribution in [3.8, 4) is 22.6 Å². The Hall–Kier alpha value is -3.22. The summed E-state index contributed by atoms with van der Waals surface area (Å²) in [6.45, 7) is 12.4. The van der Waals surface area contributed by atoms with E-state index in [1.54, 1.807) is 12.4 Å². The van der Waals surface area contributed by atoms with Crippen molar-refractivity contribution in [1.29, 1.82) is 0 Å². The lowest BCUT2D eigenvalue weighted by Gasteiger charge is -2.21. The SMILES string of the molecule is CC(C)(C)c1cc(Br)cc(C=Nc2ccc(-c3ccc(N=Cc4cc(Br)cc(C(C)(C)C)c4O)cc3)cc2)c1O. The Bertz CT molecular complexity index is 1450. The van der Waals surface area contributed by atoms with E-state index in [9.17, 15) is 10.2 Å². The van der Waals surface area contributed by atoms with Crippen molar-refractivity contribution >= 4 is 55.7 Å². The van der Waals surface area contributed by atoms with E-state index in [2.05, 4.69) is 83.4 Å². The minimum atomic E-state index is -0.185. The van der Waals surface area contributed by atoms with Crippen LogP contribution in [0.15, 0.2) is 91.7 Å². The van der Waals surface area contributed by atoms with Gasteiger partial charge < -0.3 is 10.2 Å². The maximum atomic E-state index is 10.8. The van der Waals surface area contributed by atoms with Crippen LogP contribution < -0.4 is 0 Å². The molecule has 40 heavy (non-hydrogen) atoms. The van der Waals surface area contributed by atoms with E-state index in [0.717, 1.165) is 42.6 Å². The van der Waals surface area contributed by atoms with Crippen LogP contribution in [0.1, 0.15) is 63.8 Å². The molecule has 0 heterocycles. The summed E-state index contributed by atoms with van der Waals surface area (Å²) < 4.78 is 1.81. The lowest BCUT2D eigenvalue weighted by Crippen LogP contribution is -2.12. The zero-order valence-electron chi connectivity index (χ0n) is 23.6. The molecule has 0 unspecified atom stereocenters. The first-order chi connectivity index (χ1) is 18.7. The number of rotatable bonds is 5. The Kier molecular flexibility index (Phi) is 8.72. The number of phenolic OH excluding ortho intramolecular Hbond substituents is 2. The molecule has 0 bridgehead atoms. The van der Waals surface area contributed by atoms with Gasteiger partial charge >= 0.3 is 0 Å². The van der Waals surface area contributed by atoms with Crippen LogP contribution in [0.2, 0.25) is 0 Å². The van der Waals surface area contributed by atoms with Gasteiger partial charge in [0.15, 0.2) is 0 Å². The van der Waals surface area contributed by atoms with Gasteiger partial charge in [0.2, 0.25) is 0 Å². The van der Waals surface area contributed by atoms with Gasteiger partial charge in [-0.15, -0.1) is 0 Å². The van der Waals surface area contributed by atoms with Crippen molar-refractivity contribution in [2.45, 2.75) is 52.4 Å². The molecular formula is C34H34Br2N2O2. The van der Waals surface area contributed by atoms with Crippen molar-refractivity contribution in [2.75, 3.05) is 0 Å². The lowest BCUT2D eigenvalue weighted by atomic mass is 9.85. The van der Waals surface area contributed by atoms with E-state index in [1.165, 1.54) is 0 Å². The molecule has 0 amide bonds. The van der Waals surface area contributed by atoms with E-state index in [0.29, 0.717) is 11.1 Å². The summed E-state index contributed by atoms with van der Waals surface area (Å²) in [4.78, 5) is 9.18. The first-order valence-corrected chi connectivity index (χ1v) is 14.7. The summed E-state index contributed by atoms with van der Waals surface area (Å²) in [6.07, 6.45) is 3.40. The fraction of sp³-hybridized carbons (Fsp3) is 0.235. The fourth-order valence-corrected chi connectivity index (χ4v) is 5.30. The molecule has 0 saturated carbocycles. The Labute approximate surface area is 253 Å². The van der Waals surface area contributed by atoms with Crippen LogP contribution in [0.25, 0.3) is 11.1 Å². The zero-order chi connectivity index (χ0) is 29.2. The van der Waals surface area contributed by atoms with E-state index >= 15 is 0 Å². The second-order valence-corrected chi connectivity index (χ2v) is 13.7. The van der Waals surface area contributed by atoms with Crippen LogP contribution in [0.3, 0.4) is 0 Å². The predicted molar refractivity (Wildman–Crippen MR) is 175 cm³/mol. The van der Waals surface area contributed by atoms with Gasteiger partial charge in [-0.25, -0.2) is 0 Å². The standard InChI is InChI=1S/C34H34Br2N2O2/c1-33(2,3)29-17-25(35)15-23(31(29)39)19-37-27-11-7-21(8-12-27)22-9-13-28(14-10-22)38-20-24-16-26(36)18-30(32(24)40)34(4,5)6/h7-20,39-40H,1-6H3. The topological polar surface area (TPSA) is 65.2 Å². The molecule has 0 saturated heterocycles. The van der Waals surface area contributed by atoms with Crippen LogP contribution in [-0.2, 0) is 10.8 Å². The van der Waals surface area contributed by atoms with Gasteiger partial charge in [-0.3, -0.25) is 9.98 Å². The van der Waals surface area contributed by atoms with Crippen LogP contribution in [-0.4, -0.2) is 22.6 Å². The second kappa shape index (κ2) is 11.7. The van der Waals surface area contributed by atoms with Gasteiger partial charge in [-0.05, 0) is 70.5 Å². The molecule has 4 aromatic carbocycles. The largest absolute Gasteiger partial charge is 0.507 e. The quantitative estimate of drug-likeness (QED) is 0.209. The number of aromatic hydroxyl groups is 2. The highest BCUT2D eigenvalue weighted by molar-refractivity contribution is 9.10. The third kappa shape index (κ3) is 7.10. The summed E-state index contributed by atoms with van der Waals surface area (Å²) in [6, 6.07) is 23.6. The van der Waals surface area contributed by atoms with Gasteiger partial charge in [-0.1, -0.05) is 97.7 Å². The Balaban J connectivity index is 1.50. The minimum absolute atomic E-state index is 0.185. The molecule has 0 atom stereocenters. The highest BCUT2D eigenvalue weighted by atomic mass is 79.9. The predicted octanol–water partition coefficient (Wildman–Crippen LogP) is 10.4. The summed E-state index contributed by atoms with van der Waals surface area (Å²) >= 11 is 7.10. The zero-order valence-corrected chi connectivity index (χ0v) is 26.8. The fourth-order valence-electron chi connectivity index (χ4n) is 4.35. The number of hydrogen-bond donors (Lipinski definition) is 2. The van der Waals surface area contributed by atoms with E-state index in [1.807, 2.05) is 72.8 Å². The van der Waals surface area contributed by atoms with Crippen LogP contribution in [0.5, 0.6) is 11.5 Å². The molecule has 0 aliphatic heterocycles. The number of hydrogen-bond acceptors (Lipinski definition) is 4. The Morgan fingerprint density at radius 2 is 0.875 bits per heavy atom. The van der Waals surface area contributed by atoms with Crippen molar-refractivity contribution < 1.29 is 10.2 Å². The van der Waals surface area contributed by atoms with Crippen molar-refractivity contribution in [3.05, 3.63) is 104 Å². The number of phenols is 2. The smallest absolute Gasteiger partial charge is 0.128 e. The summed E-state index contributed by atoms with van der Waals surface area (Å²) in [5.74, 6) is 0.507. The van der Waals surface area contributed by atoms with E-state index in [4.69, 9.17) is 0 Å². The highest BCUT2D eigenvalue weighted by Gasteiger charge is 2.21. The lowest BCUT2D eigenvalue weighted by molar-refractivity contribution is 0.445. The van der Waals surface area contributed by atoms with Gasteiger partial charge in [0, 0.05) is 43.6 Å². The molecule has 0 aliphatic carbocycles. The van der Waals surface area contributed by atoms with Gasteiger partial charge in [0.25, 0.3) is 0 Å². The third-order valence-electron chi connectivity index (χ3n) is 6.60. The van der Waals surface area contributed by atoms with Gasteiger partial charge in [-0.2, -0.15) is 0 Å². The first kappa shape index (κ1) is 29.8. The Morgan fingerprint density at radius 3 is 1.18 bits per heavy atom. The van der Waals surface area contributed by atoms with Crippen LogP contribution in [0, 0.1) is 0 Å². The van der Waals surface area contributed by atoms with Crippen LogP contribution >= 0.6 is 31.9 Å². The van der Waals surface area contributed by atoms with E-state index in [-0.39, 0.29) is 22.3 Å². The normalized spacial score (nSPS) is 12.5. The molecule has 4 rings (SSSR count).